The summed E-state index contributed by atoms with van der Waals surface area (Å²) in [5.41, 5.74) is 9.19. The van der Waals surface area contributed by atoms with Gasteiger partial charge in [-0.15, -0.1) is 0 Å². The number of anilines is 1. The molecule has 0 bridgehead atoms. The fraction of sp³-hybridized carbons (Fsp3) is 0.192. The molecule has 1 amide bonds. The van der Waals surface area contributed by atoms with Crippen LogP contribution in [-0.4, -0.2) is 16.0 Å². The van der Waals surface area contributed by atoms with E-state index in [2.05, 4.69) is 21.7 Å². The second kappa shape index (κ2) is 8.55. The molecule has 0 radical (unpaired) electrons. The predicted octanol–water partition coefficient (Wildman–Crippen LogP) is 6.16. The first-order valence-corrected chi connectivity index (χ1v) is 10.8. The Morgan fingerprint density at radius 1 is 0.875 bits per heavy atom. The second-order valence-corrected chi connectivity index (χ2v) is 8.59. The number of benzene rings is 3. The maximum atomic E-state index is 12.6. The Kier molecular flexibility index (Phi) is 5.80. The highest BCUT2D eigenvalue weighted by Crippen LogP contribution is 2.30. The molecule has 0 aliphatic carbocycles. The number of carbonyl (C=O) groups excluding carboxylic acids is 1. The van der Waals surface area contributed by atoms with Crippen molar-refractivity contribution < 1.29 is 9.21 Å². The van der Waals surface area contributed by atoms with E-state index in [1.165, 1.54) is 0 Å². The van der Waals surface area contributed by atoms with Crippen molar-refractivity contribution in [2.45, 2.75) is 34.6 Å². The molecule has 1 aromatic heterocycles. The third-order valence-corrected chi connectivity index (χ3v) is 5.75. The van der Waals surface area contributed by atoms with Crippen LogP contribution >= 0.6 is 12.2 Å². The topological polar surface area (TPSA) is 67.2 Å². The van der Waals surface area contributed by atoms with Crippen LogP contribution in [0.3, 0.4) is 0 Å². The molecule has 1 heterocycles. The van der Waals surface area contributed by atoms with Gasteiger partial charge in [-0.1, -0.05) is 18.2 Å². The summed E-state index contributed by atoms with van der Waals surface area (Å²) in [5.74, 6) is 0.297. The van der Waals surface area contributed by atoms with Gasteiger partial charge in [0.05, 0.1) is 0 Å². The summed E-state index contributed by atoms with van der Waals surface area (Å²) in [6.07, 6.45) is 0. The smallest absolute Gasteiger partial charge is 0.257 e. The van der Waals surface area contributed by atoms with E-state index in [1.54, 1.807) is 6.07 Å². The van der Waals surface area contributed by atoms with Crippen molar-refractivity contribution in [1.82, 2.24) is 10.3 Å². The Balaban J connectivity index is 1.55. The molecule has 2 N–H and O–H groups in total. The van der Waals surface area contributed by atoms with E-state index in [0.29, 0.717) is 11.5 Å². The molecule has 0 spiro atoms. The first-order valence-electron chi connectivity index (χ1n) is 10.4. The molecule has 0 saturated carbocycles. The summed E-state index contributed by atoms with van der Waals surface area (Å²) in [7, 11) is 0. The van der Waals surface area contributed by atoms with Crippen molar-refractivity contribution in [2.75, 3.05) is 5.32 Å². The van der Waals surface area contributed by atoms with Crippen molar-refractivity contribution >= 4 is 40.0 Å². The van der Waals surface area contributed by atoms with Crippen LogP contribution < -0.4 is 10.6 Å². The van der Waals surface area contributed by atoms with Crippen LogP contribution in [0.25, 0.3) is 22.6 Å². The SMILES string of the molecule is Cc1cc(C)c2oc(-c3ccc(C)c(NC(=S)NC(=O)c4ccc(C)c(C)c4)c3)nc2c1. The van der Waals surface area contributed by atoms with Gasteiger partial charge >= 0.3 is 0 Å². The molecule has 0 unspecified atom stereocenters. The molecule has 0 saturated heterocycles. The molecule has 6 heteroatoms. The molecular formula is C26H25N3O2S. The van der Waals surface area contributed by atoms with Gasteiger partial charge in [0.15, 0.2) is 10.7 Å². The summed E-state index contributed by atoms with van der Waals surface area (Å²) in [4.78, 5) is 17.2. The van der Waals surface area contributed by atoms with Gasteiger partial charge in [0.1, 0.15) is 5.52 Å². The third kappa shape index (κ3) is 4.41. The molecule has 5 nitrogen and oxygen atoms in total. The highest BCUT2D eigenvalue weighted by atomic mass is 32.1. The summed E-state index contributed by atoms with van der Waals surface area (Å²) >= 11 is 5.39. The second-order valence-electron chi connectivity index (χ2n) is 8.19. The maximum absolute atomic E-state index is 12.6. The molecular weight excluding hydrogens is 418 g/mol. The minimum atomic E-state index is -0.246. The Bertz CT molecular complexity index is 1370. The lowest BCUT2D eigenvalue weighted by atomic mass is 10.1. The van der Waals surface area contributed by atoms with Gasteiger partial charge in [-0.05, 0) is 105 Å². The van der Waals surface area contributed by atoms with Gasteiger partial charge in [0, 0.05) is 16.8 Å². The fourth-order valence-electron chi connectivity index (χ4n) is 3.60. The third-order valence-electron chi connectivity index (χ3n) is 5.55. The number of oxazole rings is 1. The highest BCUT2D eigenvalue weighted by Gasteiger charge is 2.14. The average Bonchev–Trinajstić information content (AvgIpc) is 3.16. The van der Waals surface area contributed by atoms with Crippen LogP contribution in [0.2, 0.25) is 0 Å². The molecule has 0 aliphatic rings. The summed E-state index contributed by atoms with van der Waals surface area (Å²) in [5, 5.41) is 6.12. The van der Waals surface area contributed by atoms with E-state index >= 15 is 0 Å². The van der Waals surface area contributed by atoms with E-state index in [-0.39, 0.29) is 11.0 Å². The van der Waals surface area contributed by atoms with E-state index in [9.17, 15) is 4.79 Å². The molecule has 32 heavy (non-hydrogen) atoms. The van der Waals surface area contributed by atoms with Crippen LogP contribution in [0.5, 0.6) is 0 Å². The van der Waals surface area contributed by atoms with Crippen molar-refractivity contribution in [2.24, 2.45) is 0 Å². The molecule has 162 valence electrons. The van der Waals surface area contributed by atoms with E-state index in [4.69, 9.17) is 16.6 Å². The van der Waals surface area contributed by atoms with Gasteiger partial charge in [0.2, 0.25) is 5.89 Å². The number of aryl methyl sites for hydroxylation is 5. The number of amides is 1. The van der Waals surface area contributed by atoms with Gasteiger partial charge in [-0.2, -0.15) is 0 Å². The van der Waals surface area contributed by atoms with Gasteiger partial charge in [-0.25, -0.2) is 4.98 Å². The van der Waals surface area contributed by atoms with Crippen LogP contribution in [0, 0.1) is 34.6 Å². The first kappa shape index (κ1) is 21.7. The van der Waals surface area contributed by atoms with Gasteiger partial charge in [-0.3, -0.25) is 10.1 Å². The lowest BCUT2D eigenvalue weighted by Crippen LogP contribution is -2.34. The number of hydrogen-bond donors (Lipinski definition) is 2. The number of aromatic nitrogens is 1. The Morgan fingerprint density at radius 2 is 1.62 bits per heavy atom. The summed E-state index contributed by atoms with van der Waals surface area (Å²) < 4.78 is 6.04. The van der Waals surface area contributed by atoms with E-state index < -0.39 is 0 Å². The standard InChI is InChI=1S/C26H25N3O2S/c1-14-10-18(5)23-22(11-14)27-25(31-23)20-9-7-16(3)21(13-20)28-26(32)29-24(30)19-8-6-15(2)17(4)12-19/h6-13H,1-5H3,(H2,28,29,30,32). The molecule has 3 aromatic carbocycles. The lowest BCUT2D eigenvalue weighted by molar-refractivity contribution is 0.0977. The van der Waals surface area contributed by atoms with Gasteiger partial charge < -0.3 is 9.73 Å². The monoisotopic (exact) mass is 443 g/mol. The quantitative estimate of drug-likeness (QED) is 0.371. The Morgan fingerprint density at radius 3 is 2.38 bits per heavy atom. The zero-order valence-corrected chi connectivity index (χ0v) is 19.6. The van der Waals surface area contributed by atoms with Crippen LogP contribution in [-0.2, 0) is 0 Å². The van der Waals surface area contributed by atoms with Crippen molar-refractivity contribution in [1.29, 1.82) is 0 Å². The highest BCUT2D eigenvalue weighted by molar-refractivity contribution is 7.80. The minimum absolute atomic E-state index is 0.234. The van der Waals surface area contributed by atoms with Crippen LogP contribution in [0.4, 0.5) is 5.69 Å². The summed E-state index contributed by atoms with van der Waals surface area (Å²) in [6.45, 7) is 10.0. The Labute approximate surface area is 192 Å². The van der Waals surface area contributed by atoms with Crippen molar-refractivity contribution in [3.05, 3.63) is 81.9 Å². The average molecular weight is 444 g/mol. The molecule has 0 atom stereocenters. The molecule has 0 aliphatic heterocycles. The molecule has 0 fully saturated rings. The number of nitrogens with zero attached hydrogens (tertiary/aromatic N) is 1. The Hall–Kier alpha value is -3.51. The van der Waals surface area contributed by atoms with E-state index in [1.807, 2.05) is 71.0 Å². The van der Waals surface area contributed by atoms with E-state index in [0.717, 1.165) is 50.2 Å². The number of nitrogens with one attached hydrogen (secondary N) is 2. The minimum Gasteiger partial charge on any atom is -0.436 e. The lowest BCUT2D eigenvalue weighted by Gasteiger charge is -2.13. The zero-order valence-electron chi connectivity index (χ0n) is 18.8. The number of thiocarbonyl (C=S) groups is 1. The van der Waals surface area contributed by atoms with Crippen molar-refractivity contribution in [3.8, 4) is 11.5 Å². The van der Waals surface area contributed by atoms with Gasteiger partial charge in [0.25, 0.3) is 5.91 Å². The maximum Gasteiger partial charge on any atom is 0.257 e. The van der Waals surface area contributed by atoms with Crippen LogP contribution in [0.15, 0.2) is 52.9 Å². The predicted molar refractivity (Wildman–Crippen MR) is 133 cm³/mol. The normalized spacial score (nSPS) is 10.9. The number of carbonyl (C=O) groups is 1. The van der Waals surface area contributed by atoms with Crippen LogP contribution in [0.1, 0.15) is 38.2 Å². The number of hydrogen-bond acceptors (Lipinski definition) is 4. The largest absolute Gasteiger partial charge is 0.436 e. The van der Waals surface area contributed by atoms with Crippen molar-refractivity contribution in [3.63, 3.8) is 0 Å². The fourth-order valence-corrected chi connectivity index (χ4v) is 3.80. The molecule has 4 aromatic rings. The first-order chi connectivity index (χ1) is 15.2. The number of rotatable bonds is 3. The number of fused-ring (bicyclic) bond motifs is 1. The molecule has 4 rings (SSSR count). The summed E-state index contributed by atoms with van der Waals surface area (Å²) in [6, 6.07) is 15.5. The zero-order chi connectivity index (χ0) is 23.0.